The number of carbonyl (C=O) groups is 1. The number of hydrogen-bond acceptors (Lipinski definition) is 6. The van der Waals surface area contributed by atoms with Gasteiger partial charge in [0.05, 0.1) is 46.2 Å². The standard InChI is InChI=1S/C24H31NO7/c1-25(24(27)28)22-8-4-20(5-9-22)2-3-21-6-10-23(11-7-21)32-19-18-31-17-16-30-15-14-29-13-12-26/h2-11,26H,12-19H2,1H3,(H,27,28). The molecular formula is C24H31NO7. The van der Waals surface area contributed by atoms with Crippen molar-refractivity contribution < 1.29 is 34.0 Å². The summed E-state index contributed by atoms with van der Waals surface area (Å²) in [4.78, 5) is 12.1. The van der Waals surface area contributed by atoms with E-state index in [1.54, 1.807) is 12.1 Å². The predicted molar refractivity (Wildman–Crippen MR) is 123 cm³/mol. The molecule has 0 unspecified atom stereocenters. The number of amides is 1. The molecule has 0 aliphatic heterocycles. The van der Waals surface area contributed by atoms with Gasteiger partial charge in [-0.3, -0.25) is 4.90 Å². The van der Waals surface area contributed by atoms with Crippen molar-refractivity contribution in [1.29, 1.82) is 0 Å². The van der Waals surface area contributed by atoms with Gasteiger partial charge in [-0.15, -0.1) is 0 Å². The quantitative estimate of drug-likeness (QED) is 0.320. The molecule has 2 aromatic carbocycles. The Morgan fingerprint density at radius 1 is 0.781 bits per heavy atom. The summed E-state index contributed by atoms with van der Waals surface area (Å²) in [6, 6.07) is 15.0. The van der Waals surface area contributed by atoms with Gasteiger partial charge in [0.15, 0.2) is 0 Å². The van der Waals surface area contributed by atoms with Crippen LogP contribution in [0.5, 0.6) is 5.75 Å². The lowest BCUT2D eigenvalue weighted by Gasteiger charge is -2.12. The van der Waals surface area contributed by atoms with Crippen LogP contribution < -0.4 is 9.64 Å². The van der Waals surface area contributed by atoms with Crippen LogP contribution >= 0.6 is 0 Å². The van der Waals surface area contributed by atoms with Crippen molar-refractivity contribution in [2.75, 3.05) is 64.8 Å². The molecule has 2 aromatic rings. The van der Waals surface area contributed by atoms with Crippen molar-refractivity contribution in [1.82, 2.24) is 0 Å². The first-order chi connectivity index (χ1) is 15.6. The van der Waals surface area contributed by atoms with Crippen molar-refractivity contribution in [3.8, 4) is 5.75 Å². The molecule has 0 saturated carbocycles. The van der Waals surface area contributed by atoms with Crippen LogP contribution in [-0.2, 0) is 14.2 Å². The van der Waals surface area contributed by atoms with Crippen molar-refractivity contribution >= 4 is 23.9 Å². The summed E-state index contributed by atoms with van der Waals surface area (Å²) in [6.07, 6.45) is 2.96. The Morgan fingerprint density at radius 3 is 1.75 bits per heavy atom. The Labute approximate surface area is 188 Å². The number of aliphatic hydroxyl groups is 1. The molecule has 1 amide bonds. The van der Waals surface area contributed by atoms with E-state index in [9.17, 15) is 4.79 Å². The Hall–Kier alpha value is -2.91. The molecule has 0 saturated heterocycles. The smallest absolute Gasteiger partial charge is 0.411 e. The lowest BCUT2D eigenvalue weighted by molar-refractivity contribution is 0.00361. The van der Waals surface area contributed by atoms with E-state index in [0.29, 0.717) is 51.9 Å². The first-order valence-electron chi connectivity index (χ1n) is 10.4. The molecule has 174 valence electrons. The summed E-state index contributed by atoms with van der Waals surface area (Å²) in [5, 5.41) is 17.6. The summed E-state index contributed by atoms with van der Waals surface area (Å²) in [5.74, 6) is 0.768. The fraction of sp³-hybridized carbons (Fsp3) is 0.375. The minimum absolute atomic E-state index is 0.0205. The van der Waals surface area contributed by atoms with E-state index < -0.39 is 6.09 Å². The first kappa shape index (κ1) is 25.4. The van der Waals surface area contributed by atoms with Crippen LogP contribution in [0.2, 0.25) is 0 Å². The molecule has 0 aromatic heterocycles. The molecular weight excluding hydrogens is 414 g/mol. The number of rotatable bonds is 15. The van der Waals surface area contributed by atoms with E-state index in [-0.39, 0.29) is 6.61 Å². The lowest BCUT2D eigenvalue weighted by atomic mass is 10.1. The topological polar surface area (TPSA) is 97.7 Å². The molecule has 0 bridgehead atoms. The highest BCUT2D eigenvalue weighted by molar-refractivity contribution is 5.85. The molecule has 0 spiro atoms. The Balaban J connectivity index is 1.62. The summed E-state index contributed by atoms with van der Waals surface area (Å²) >= 11 is 0. The zero-order valence-corrected chi connectivity index (χ0v) is 18.3. The summed E-state index contributed by atoms with van der Waals surface area (Å²) in [6.45, 7) is 3.19. The van der Waals surface area contributed by atoms with Gasteiger partial charge in [-0.25, -0.2) is 4.79 Å². The minimum Gasteiger partial charge on any atom is -0.491 e. The maximum Gasteiger partial charge on any atom is 0.411 e. The summed E-state index contributed by atoms with van der Waals surface area (Å²) in [7, 11) is 1.51. The second-order valence-corrected chi connectivity index (χ2v) is 6.74. The third kappa shape index (κ3) is 9.93. The Kier molecular flexibility index (Phi) is 11.9. The van der Waals surface area contributed by atoms with E-state index in [4.69, 9.17) is 29.2 Å². The van der Waals surface area contributed by atoms with Gasteiger partial charge < -0.3 is 29.2 Å². The Morgan fingerprint density at radius 2 is 1.25 bits per heavy atom. The lowest BCUT2D eigenvalue weighted by Crippen LogP contribution is -2.23. The number of anilines is 1. The molecule has 0 heterocycles. The van der Waals surface area contributed by atoms with Crippen molar-refractivity contribution in [2.24, 2.45) is 0 Å². The average Bonchev–Trinajstić information content (AvgIpc) is 2.81. The van der Waals surface area contributed by atoms with Crippen LogP contribution in [-0.4, -0.2) is 76.2 Å². The molecule has 2 rings (SSSR count). The van der Waals surface area contributed by atoms with Gasteiger partial charge in [-0.1, -0.05) is 36.4 Å². The largest absolute Gasteiger partial charge is 0.491 e. The zero-order chi connectivity index (χ0) is 23.0. The highest BCUT2D eigenvalue weighted by atomic mass is 16.6. The van der Waals surface area contributed by atoms with E-state index in [1.165, 1.54) is 11.9 Å². The molecule has 8 nitrogen and oxygen atoms in total. The van der Waals surface area contributed by atoms with Crippen molar-refractivity contribution in [2.45, 2.75) is 0 Å². The van der Waals surface area contributed by atoms with Gasteiger partial charge in [-0.05, 0) is 35.4 Å². The number of aliphatic hydroxyl groups excluding tert-OH is 1. The second-order valence-electron chi connectivity index (χ2n) is 6.74. The number of carboxylic acid groups (broad SMARTS) is 1. The Bertz CT molecular complexity index is 806. The van der Waals surface area contributed by atoms with Gasteiger partial charge >= 0.3 is 6.09 Å². The van der Waals surface area contributed by atoms with Crippen LogP contribution in [0, 0.1) is 0 Å². The molecule has 0 radical (unpaired) electrons. The average molecular weight is 446 g/mol. The van der Waals surface area contributed by atoms with Crippen LogP contribution in [0.25, 0.3) is 12.2 Å². The molecule has 0 aliphatic rings. The molecule has 0 aliphatic carbocycles. The second kappa shape index (κ2) is 15.0. The number of hydrogen-bond donors (Lipinski definition) is 2. The zero-order valence-electron chi connectivity index (χ0n) is 18.3. The van der Waals surface area contributed by atoms with E-state index in [0.717, 1.165) is 16.9 Å². The van der Waals surface area contributed by atoms with E-state index in [1.807, 2.05) is 48.6 Å². The highest BCUT2D eigenvalue weighted by Gasteiger charge is 2.06. The number of nitrogens with zero attached hydrogens (tertiary/aromatic N) is 1. The maximum atomic E-state index is 11.0. The van der Waals surface area contributed by atoms with Gasteiger partial charge in [0.2, 0.25) is 0 Å². The maximum absolute atomic E-state index is 11.0. The predicted octanol–water partition coefficient (Wildman–Crippen LogP) is 3.39. The molecule has 2 N–H and O–H groups in total. The normalized spacial score (nSPS) is 11.1. The SMILES string of the molecule is CN(C(=O)O)c1ccc(C=Cc2ccc(OCCOCCOCCOCCO)cc2)cc1. The number of ether oxygens (including phenoxy) is 4. The van der Waals surface area contributed by atoms with Crippen LogP contribution in [0.1, 0.15) is 11.1 Å². The van der Waals surface area contributed by atoms with Gasteiger partial charge in [0, 0.05) is 12.7 Å². The molecule has 0 fully saturated rings. The fourth-order valence-electron chi connectivity index (χ4n) is 2.61. The van der Waals surface area contributed by atoms with E-state index in [2.05, 4.69) is 0 Å². The summed E-state index contributed by atoms with van der Waals surface area (Å²) < 4.78 is 21.5. The monoisotopic (exact) mass is 445 g/mol. The van der Waals surface area contributed by atoms with E-state index >= 15 is 0 Å². The fourth-order valence-corrected chi connectivity index (χ4v) is 2.61. The van der Waals surface area contributed by atoms with Gasteiger partial charge in [-0.2, -0.15) is 0 Å². The first-order valence-corrected chi connectivity index (χ1v) is 10.4. The van der Waals surface area contributed by atoms with Crippen LogP contribution in [0.4, 0.5) is 10.5 Å². The third-order valence-electron chi connectivity index (χ3n) is 4.39. The van der Waals surface area contributed by atoms with Gasteiger partial charge in [0.25, 0.3) is 0 Å². The molecule has 32 heavy (non-hydrogen) atoms. The number of benzene rings is 2. The minimum atomic E-state index is -0.993. The van der Waals surface area contributed by atoms with Crippen LogP contribution in [0.15, 0.2) is 48.5 Å². The highest BCUT2D eigenvalue weighted by Crippen LogP contribution is 2.17. The molecule has 8 heteroatoms. The van der Waals surface area contributed by atoms with Crippen LogP contribution in [0.3, 0.4) is 0 Å². The summed E-state index contributed by atoms with van der Waals surface area (Å²) in [5.41, 5.74) is 2.63. The van der Waals surface area contributed by atoms with Crippen molar-refractivity contribution in [3.05, 3.63) is 59.7 Å². The molecule has 0 atom stereocenters. The van der Waals surface area contributed by atoms with Crippen molar-refractivity contribution in [3.63, 3.8) is 0 Å². The van der Waals surface area contributed by atoms with Gasteiger partial charge in [0.1, 0.15) is 12.4 Å². The third-order valence-corrected chi connectivity index (χ3v) is 4.39.